The first-order valence-corrected chi connectivity index (χ1v) is 4.94. The van der Waals surface area contributed by atoms with E-state index in [1.54, 1.807) is 0 Å². The molecule has 0 bridgehead atoms. The summed E-state index contributed by atoms with van der Waals surface area (Å²) in [5.74, 6) is 0.515. The van der Waals surface area contributed by atoms with Crippen LogP contribution in [0.2, 0.25) is 0 Å². The number of rotatable bonds is 5. The molecule has 0 radical (unpaired) electrons. The molecular weight excluding hydrogens is 174 g/mol. The van der Waals surface area contributed by atoms with Crippen LogP contribution < -0.4 is 0 Å². The Hall–Kier alpha value is -1.47. The molecule has 1 aromatic carbocycles. The molecule has 0 aromatic heterocycles. The highest BCUT2D eigenvalue weighted by Crippen LogP contribution is 2.22. The van der Waals surface area contributed by atoms with Crippen molar-refractivity contribution in [2.75, 3.05) is 6.54 Å². The lowest BCUT2D eigenvalue weighted by molar-refractivity contribution is 0.613. The zero-order valence-corrected chi connectivity index (χ0v) is 8.43. The first kappa shape index (κ1) is 10.6. The summed E-state index contributed by atoms with van der Waals surface area (Å²) < 4.78 is 0. The fourth-order valence-corrected chi connectivity index (χ4v) is 1.59. The van der Waals surface area contributed by atoms with Gasteiger partial charge in [-0.05, 0) is 29.9 Å². The maximum Gasteiger partial charge on any atom is 0.0263 e. The molecular formula is C11H15N3. The Balaban J connectivity index is 2.58. The van der Waals surface area contributed by atoms with Crippen LogP contribution >= 0.6 is 0 Å². The molecule has 1 atom stereocenters. The molecule has 0 amide bonds. The first-order chi connectivity index (χ1) is 6.88. The minimum Gasteiger partial charge on any atom is -0.0940 e. The molecule has 0 saturated carbocycles. The van der Waals surface area contributed by atoms with Gasteiger partial charge < -0.3 is 0 Å². The summed E-state index contributed by atoms with van der Waals surface area (Å²) in [7, 11) is 0. The number of nitrogens with zero attached hydrogens (tertiary/aromatic N) is 3. The minimum absolute atomic E-state index is 0.515. The van der Waals surface area contributed by atoms with Gasteiger partial charge in [0.1, 0.15) is 0 Å². The number of azide groups is 1. The average molecular weight is 189 g/mol. The Morgan fingerprint density at radius 1 is 1.36 bits per heavy atom. The third kappa shape index (κ3) is 3.11. The summed E-state index contributed by atoms with van der Waals surface area (Å²) in [4.78, 5) is 2.76. The third-order valence-electron chi connectivity index (χ3n) is 2.40. The van der Waals surface area contributed by atoms with Crippen molar-refractivity contribution in [2.45, 2.75) is 25.7 Å². The van der Waals surface area contributed by atoms with Crippen LogP contribution in [0.25, 0.3) is 10.4 Å². The van der Waals surface area contributed by atoms with E-state index in [0.717, 1.165) is 12.8 Å². The lowest BCUT2D eigenvalue weighted by atomic mass is 9.93. The van der Waals surface area contributed by atoms with Crippen molar-refractivity contribution in [1.29, 1.82) is 0 Å². The number of hydrogen-bond donors (Lipinski definition) is 0. The molecule has 0 aliphatic rings. The molecule has 14 heavy (non-hydrogen) atoms. The van der Waals surface area contributed by atoms with Gasteiger partial charge in [-0.3, -0.25) is 0 Å². The standard InChI is InChI=1S/C11H15N3/c1-2-10(8-9-13-14-12)11-6-4-3-5-7-11/h3-7,10H,2,8-9H2,1H3. The van der Waals surface area contributed by atoms with Crippen LogP contribution in [0.5, 0.6) is 0 Å². The van der Waals surface area contributed by atoms with Crippen LogP contribution in [0.15, 0.2) is 35.4 Å². The maximum absolute atomic E-state index is 8.18. The van der Waals surface area contributed by atoms with E-state index >= 15 is 0 Å². The van der Waals surface area contributed by atoms with Crippen LogP contribution in [-0.4, -0.2) is 6.54 Å². The maximum atomic E-state index is 8.18. The van der Waals surface area contributed by atoms with Crippen molar-refractivity contribution in [3.63, 3.8) is 0 Å². The summed E-state index contributed by atoms with van der Waals surface area (Å²) in [6.45, 7) is 2.75. The van der Waals surface area contributed by atoms with E-state index in [9.17, 15) is 0 Å². The predicted octanol–water partition coefficient (Wildman–Crippen LogP) is 3.88. The zero-order valence-electron chi connectivity index (χ0n) is 8.43. The molecule has 1 aromatic rings. The van der Waals surface area contributed by atoms with Gasteiger partial charge in [0.15, 0.2) is 0 Å². The molecule has 3 nitrogen and oxygen atoms in total. The topological polar surface area (TPSA) is 48.8 Å². The van der Waals surface area contributed by atoms with Crippen LogP contribution in [0.1, 0.15) is 31.2 Å². The Morgan fingerprint density at radius 2 is 2.07 bits per heavy atom. The van der Waals surface area contributed by atoms with Crippen molar-refractivity contribution in [1.82, 2.24) is 0 Å². The van der Waals surface area contributed by atoms with E-state index in [1.807, 2.05) is 18.2 Å². The van der Waals surface area contributed by atoms with Crippen LogP contribution in [0.4, 0.5) is 0 Å². The second-order valence-corrected chi connectivity index (χ2v) is 3.26. The molecule has 0 saturated heterocycles. The van der Waals surface area contributed by atoms with Crippen molar-refractivity contribution in [2.24, 2.45) is 5.11 Å². The van der Waals surface area contributed by atoms with Crippen LogP contribution in [0.3, 0.4) is 0 Å². The van der Waals surface area contributed by atoms with Crippen LogP contribution in [0, 0.1) is 0 Å². The molecule has 0 N–H and O–H groups in total. The predicted molar refractivity (Wildman–Crippen MR) is 58.1 cm³/mol. The SMILES string of the molecule is CCC(CCN=[N+]=[N-])c1ccccc1. The summed E-state index contributed by atoms with van der Waals surface area (Å²) >= 11 is 0. The molecule has 0 heterocycles. The van der Waals surface area contributed by atoms with Crippen LogP contribution in [-0.2, 0) is 0 Å². The van der Waals surface area contributed by atoms with Crippen molar-refractivity contribution in [3.8, 4) is 0 Å². The Morgan fingerprint density at radius 3 is 2.64 bits per heavy atom. The number of benzene rings is 1. The van der Waals surface area contributed by atoms with Gasteiger partial charge in [0.2, 0.25) is 0 Å². The normalized spacial score (nSPS) is 11.8. The molecule has 1 rings (SSSR count). The van der Waals surface area contributed by atoms with Gasteiger partial charge >= 0.3 is 0 Å². The summed E-state index contributed by atoms with van der Waals surface area (Å²) in [5, 5.41) is 3.57. The molecule has 3 heteroatoms. The summed E-state index contributed by atoms with van der Waals surface area (Å²) in [6, 6.07) is 10.4. The molecule has 0 fully saturated rings. The quantitative estimate of drug-likeness (QED) is 0.383. The van der Waals surface area contributed by atoms with Crippen molar-refractivity contribution in [3.05, 3.63) is 46.3 Å². The Bertz CT molecular complexity index is 302. The van der Waals surface area contributed by atoms with E-state index in [4.69, 9.17) is 5.53 Å². The first-order valence-electron chi connectivity index (χ1n) is 4.94. The van der Waals surface area contributed by atoms with Gasteiger partial charge in [-0.2, -0.15) is 0 Å². The lowest BCUT2D eigenvalue weighted by Gasteiger charge is -2.13. The highest BCUT2D eigenvalue weighted by atomic mass is 15.1. The van der Waals surface area contributed by atoms with Gasteiger partial charge in [0.05, 0.1) is 0 Å². The van der Waals surface area contributed by atoms with Gasteiger partial charge in [0.25, 0.3) is 0 Å². The van der Waals surface area contributed by atoms with Gasteiger partial charge in [-0.15, -0.1) is 0 Å². The average Bonchev–Trinajstić information content (AvgIpc) is 2.26. The van der Waals surface area contributed by atoms with E-state index in [-0.39, 0.29) is 0 Å². The second kappa shape index (κ2) is 6.06. The second-order valence-electron chi connectivity index (χ2n) is 3.26. The van der Waals surface area contributed by atoms with Crippen molar-refractivity contribution >= 4 is 0 Å². The summed E-state index contributed by atoms with van der Waals surface area (Å²) in [6.07, 6.45) is 2.02. The van der Waals surface area contributed by atoms with E-state index in [0.29, 0.717) is 12.5 Å². The largest absolute Gasteiger partial charge is 0.0940 e. The molecule has 0 aliphatic carbocycles. The van der Waals surface area contributed by atoms with Gasteiger partial charge in [-0.1, -0.05) is 42.4 Å². The highest BCUT2D eigenvalue weighted by molar-refractivity contribution is 5.19. The van der Waals surface area contributed by atoms with E-state index in [2.05, 4.69) is 29.1 Å². The number of hydrogen-bond acceptors (Lipinski definition) is 1. The fraction of sp³-hybridized carbons (Fsp3) is 0.455. The molecule has 0 spiro atoms. The molecule has 1 unspecified atom stereocenters. The summed E-state index contributed by atoms with van der Waals surface area (Å²) in [5.41, 5.74) is 9.52. The smallest absolute Gasteiger partial charge is 0.0263 e. The van der Waals surface area contributed by atoms with Crippen molar-refractivity contribution < 1.29 is 0 Å². The highest BCUT2D eigenvalue weighted by Gasteiger charge is 2.07. The van der Waals surface area contributed by atoms with E-state index in [1.165, 1.54) is 5.56 Å². The van der Waals surface area contributed by atoms with Gasteiger partial charge in [-0.25, -0.2) is 0 Å². The Kier molecular flexibility index (Phi) is 4.59. The monoisotopic (exact) mass is 189 g/mol. The van der Waals surface area contributed by atoms with E-state index < -0.39 is 0 Å². The Labute approximate surface area is 84.4 Å². The minimum atomic E-state index is 0.515. The van der Waals surface area contributed by atoms with Gasteiger partial charge in [0, 0.05) is 11.5 Å². The lowest BCUT2D eigenvalue weighted by Crippen LogP contribution is -1.98. The molecule has 0 aliphatic heterocycles. The fourth-order valence-electron chi connectivity index (χ4n) is 1.59. The zero-order chi connectivity index (χ0) is 10.2. The third-order valence-corrected chi connectivity index (χ3v) is 2.40. The molecule has 74 valence electrons.